The summed E-state index contributed by atoms with van der Waals surface area (Å²) in [5, 5.41) is 18.7. The SMILES string of the molecule is O=C(O)c1ccccc1Nc1nc(Nc2ccccc2)nc(Nc2ccccc2)n1. The molecule has 148 valence electrons. The van der Waals surface area contributed by atoms with E-state index in [1.54, 1.807) is 18.2 Å². The molecule has 0 fully saturated rings. The molecule has 0 atom stereocenters. The first-order valence-corrected chi connectivity index (χ1v) is 9.17. The minimum absolute atomic E-state index is 0.119. The monoisotopic (exact) mass is 398 g/mol. The van der Waals surface area contributed by atoms with Crippen LogP contribution < -0.4 is 16.0 Å². The number of carbonyl (C=O) groups is 1. The van der Waals surface area contributed by atoms with Crippen LogP contribution in [0.5, 0.6) is 0 Å². The van der Waals surface area contributed by atoms with Gasteiger partial charge in [-0.1, -0.05) is 48.5 Å². The van der Waals surface area contributed by atoms with Crippen molar-refractivity contribution < 1.29 is 9.90 Å². The second-order valence-corrected chi connectivity index (χ2v) is 6.26. The first kappa shape index (κ1) is 18.9. The van der Waals surface area contributed by atoms with E-state index in [4.69, 9.17) is 0 Å². The van der Waals surface area contributed by atoms with Gasteiger partial charge in [0.1, 0.15) is 0 Å². The van der Waals surface area contributed by atoms with Crippen molar-refractivity contribution in [2.45, 2.75) is 0 Å². The maximum atomic E-state index is 11.5. The molecule has 0 saturated heterocycles. The summed E-state index contributed by atoms with van der Waals surface area (Å²) in [6.45, 7) is 0. The Kier molecular flexibility index (Phi) is 5.47. The molecule has 8 nitrogen and oxygen atoms in total. The third-order valence-electron chi connectivity index (χ3n) is 4.10. The van der Waals surface area contributed by atoms with E-state index in [0.29, 0.717) is 17.6 Å². The van der Waals surface area contributed by atoms with Crippen molar-refractivity contribution in [2.24, 2.45) is 0 Å². The lowest BCUT2D eigenvalue weighted by atomic mass is 10.2. The fraction of sp³-hybridized carbons (Fsp3) is 0. The average molecular weight is 398 g/mol. The molecular weight excluding hydrogens is 380 g/mol. The topological polar surface area (TPSA) is 112 Å². The van der Waals surface area contributed by atoms with Gasteiger partial charge in [-0.05, 0) is 36.4 Å². The van der Waals surface area contributed by atoms with Gasteiger partial charge < -0.3 is 21.1 Å². The van der Waals surface area contributed by atoms with Crippen LogP contribution in [0.25, 0.3) is 0 Å². The highest BCUT2D eigenvalue weighted by Crippen LogP contribution is 2.22. The molecule has 0 radical (unpaired) electrons. The van der Waals surface area contributed by atoms with Gasteiger partial charge in [0.15, 0.2) is 0 Å². The molecule has 4 rings (SSSR count). The number of aromatic nitrogens is 3. The molecule has 0 aliphatic rings. The number of carboxylic acid groups (broad SMARTS) is 1. The number of nitrogens with one attached hydrogen (secondary N) is 3. The highest BCUT2D eigenvalue weighted by molar-refractivity contribution is 5.94. The number of nitrogens with zero attached hydrogens (tertiary/aromatic N) is 3. The van der Waals surface area contributed by atoms with Gasteiger partial charge in [-0.25, -0.2) is 4.79 Å². The minimum Gasteiger partial charge on any atom is -0.478 e. The van der Waals surface area contributed by atoms with E-state index in [1.807, 2.05) is 60.7 Å². The van der Waals surface area contributed by atoms with Gasteiger partial charge in [0.25, 0.3) is 0 Å². The van der Waals surface area contributed by atoms with Crippen molar-refractivity contribution in [1.29, 1.82) is 0 Å². The second kappa shape index (κ2) is 8.70. The number of carboxylic acids is 1. The van der Waals surface area contributed by atoms with Crippen LogP contribution in [-0.4, -0.2) is 26.0 Å². The third kappa shape index (κ3) is 4.68. The van der Waals surface area contributed by atoms with Crippen LogP contribution in [0, 0.1) is 0 Å². The van der Waals surface area contributed by atoms with Crippen molar-refractivity contribution in [3.8, 4) is 0 Å². The fourth-order valence-electron chi connectivity index (χ4n) is 2.74. The number of rotatable bonds is 7. The van der Waals surface area contributed by atoms with Crippen LogP contribution in [0.15, 0.2) is 84.9 Å². The Morgan fingerprint density at radius 2 is 1.03 bits per heavy atom. The van der Waals surface area contributed by atoms with E-state index in [2.05, 4.69) is 30.9 Å². The smallest absolute Gasteiger partial charge is 0.337 e. The largest absolute Gasteiger partial charge is 0.478 e. The molecule has 0 unspecified atom stereocenters. The van der Waals surface area contributed by atoms with E-state index in [0.717, 1.165) is 11.4 Å². The summed E-state index contributed by atoms with van der Waals surface area (Å²) in [5.41, 5.74) is 2.12. The molecule has 4 aromatic rings. The maximum Gasteiger partial charge on any atom is 0.337 e. The summed E-state index contributed by atoms with van der Waals surface area (Å²) in [4.78, 5) is 24.7. The summed E-state index contributed by atoms with van der Waals surface area (Å²) < 4.78 is 0. The number of hydrogen-bond acceptors (Lipinski definition) is 7. The molecule has 0 spiro atoms. The molecular formula is C22H18N6O2. The molecule has 0 saturated carbocycles. The molecule has 1 aromatic heterocycles. The third-order valence-corrected chi connectivity index (χ3v) is 4.10. The highest BCUT2D eigenvalue weighted by Gasteiger charge is 2.13. The zero-order chi connectivity index (χ0) is 20.8. The van der Waals surface area contributed by atoms with E-state index in [1.165, 1.54) is 6.07 Å². The van der Waals surface area contributed by atoms with Crippen LogP contribution in [0.2, 0.25) is 0 Å². The van der Waals surface area contributed by atoms with E-state index in [-0.39, 0.29) is 11.5 Å². The van der Waals surface area contributed by atoms with Crippen molar-refractivity contribution in [3.05, 3.63) is 90.5 Å². The number of hydrogen-bond donors (Lipinski definition) is 4. The number of anilines is 6. The Morgan fingerprint density at radius 3 is 1.53 bits per heavy atom. The second-order valence-electron chi connectivity index (χ2n) is 6.26. The molecule has 0 amide bonds. The Morgan fingerprint density at radius 1 is 0.600 bits per heavy atom. The molecule has 3 aromatic carbocycles. The number of para-hydroxylation sites is 3. The Labute approximate surface area is 172 Å². The summed E-state index contributed by atoms with van der Waals surface area (Å²) in [7, 11) is 0. The van der Waals surface area contributed by atoms with E-state index >= 15 is 0 Å². The highest BCUT2D eigenvalue weighted by atomic mass is 16.4. The molecule has 0 aliphatic heterocycles. The standard InChI is InChI=1S/C22H18N6O2/c29-19(30)17-13-7-8-14-18(17)25-22-27-20(23-15-9-3-1-4-10-15)26-21(28-22)24-16-11-5-2-6-12-16/h1-14H,(H,29,30)(H3,23,24,25,26,27,28). The van der Waals surface area contributed by atoms with Crippen molar-refractivity contribution in [2.75, 3.05) is 16.0 Å². The Bertz CT molecular complexity index is 1090. The van der Waals surface area contributed by atoms with Crippen LogP contribution in [0.3, 0.4) is 0 Å². The zero-order valence-electron chi connectivity index (χ0n) is 15.8. The van der Waals surface area contributed by atoms with Crippen LogP contribution in [-0.2, 0) is 0 Å². The van der Waals surface area contributed by atoms with Gasteiger partial charge in [0, 0.05) is 11.4 Å². The predicted octanol–water partition coefficient (Wildman–Crippen LogP) is 4.80. The molecule has 8 heteroatoms. The van der Waals surface area contributed by atoms with Gasteiger partial charge >= 0.3 is 5.97 Å². The number of benzene rings is 3. The summed E-state index contributed by atoms with van der Waals surface area (Å²) in [5.74, 6) is -0.220. The van der Waals surface area contributed by atoms with Gasteiger partial charge in [-0.2, -0.15) is 15.0 Å². The first-order valence-electron chi connectivity index (χ1n) is 9.17. The average Bonchev–Trinajstić information content (AvgIpc) is 2.75. The van der Waals surface area contributed by atoms with Gasteiger partial charge in [0.05, 0.1) is 11.3 Å². The molecule has 30 heavy (non-hydrogen) atoms. The van der Waals surface area contributed by atoms with Crippen molar-refractivity contribution in [3.63, 3.8) is 0 Å². The lowest BCUT2D eigenvalue weighted by Gasteiger charge is -2.12. The zero-order valence-corrected chi connectivity index (χ0v) is 15.8. The number of aromatic carboxylic acids is 1. The normalized spacial score (nSPS) is 10.3. The summed E-state index contributed by atoms with van der Waals surface area (Å²) >= 11 is 0. The molecule has 0 aliphatic carbocycles. The predicted molar refractivity (Wildman–Crippen MR) is 116 cm³/mol. The summed E-state index contributed by atoms with van der Waals surface area (Å²) in [6.07, 6.45) is 0. The fourth-order valence-corrected chi connectivity index (χ4v) is 2.74. The lowest BCUT2D eigenvalue weighted by molar-refractivity contribution is 0.0698. The van der Waals surface area contributed by atoms with Crippen molar-refractivity contribution >= 4 is 40.9 Å². The lowest BCUT2D eigenvalue weighted by Crippen LogP contribution is -2.09. The van der Waals surface area contributed by atoms with Crippen LogP contribution in [0.4, 0.5) is 34.9 Å². The minimum atomic E-state index is -1.04. The quantitative estimate of drug-likeness (QED) is 0.351. The van der Waals surface area contributed by atoms with Crippen LogP contribution >= 0.6 is 0 Å². The van der Waals surface area contributed by atoms with Crippen molar-refractivity contribution in [1.82, 2.24) is 15.0 Å². The summed E-state index contributed by atoms with van der Waals surface area (Å²) in [6, 6.07) is 25.5. The van der Waals surface area contributed by atoms with Crippen LogP contribution in [0.1, 0.15) is 10.4 Å². The first-order chi connectivity index (χ1) is 14.7. The molecule has 0 bridgehead atoms. The molecule has 1 heterocycles. The molecule has 4 N–H and O–H groups in total. The van der Waals surface area contributed by atoms with E-state index < -0.39 is 5.97 Å². The van der Waals surface area contributed by atoms with E-state index in [9.17, 15) is 9.90 Å². The van der Waals surface area contributed by atoms with Gasteiger partial charge in [-0.15, -0.1) is 0 Å². The Hall–Kier alpha value is -4.46. The maximum absolute atomic E-state index is 11.5. The Balaban J connectivity index is 1.69. The van der Waals surface area contributed by atoms with Gasteiger partial charge in [0.2, 0.25) is 17.8 Å². The van der Waals surface area contributed by atoms with Gasteiger partial charge in [-0.3, -0.25) is 0 Å².